The van der Waals surface area contributed by atoms with E-state index in [0.717, 1.165) is 11.1 Å². The molecule has 0 amide bonds. The van der Waals surface area contributed by atoms with Gasteiger partial charge in [-0.25, -0.2) is 0 Å². The fourth-order valence-corrected chi connectivity index (χ4v) is 0.938. The van der Waals surface area contributed by atoms with Crippen molar-refractivity contribution >= 4 is 11.8 Å². The summed E-state index contributed by atoms with van der Waals surface area (Å²) >= 11 is 0. The predicted molar refractivity (Wildman–Crippen MR) is 48.2 cm³/mol. The van der Waals surface area contributed by atoms with Crippen LogP contribution in [0.3, 0.4) is 0 Å². The summed E-state index contributed by atoms with van der Waals surface area (Å²) in [5, 5.41) is 9.09. The van der Waals surface area contributed by atoms with Gasteiger partial charge in [0.1, 0.15) is 5.76 Å². The van der Waals surface area contributed by atoms with Gasteiger partial charge in [-0.1, -0.05) is 43.5 Å². The Kier molecular flexibility index (Phi) is 2.12. The summed E-state index contributed by atoms with van der Waals surface area (Å²) in [5.41, 5.74) is 1.64. The summed E-state index contributed by atoms with van der Waals surface area (Å²) in [6.07, 6.45) is 1.69. The van der Waals surface area contributed by atoms with Crippen LogP contribution in [0, 0.1) is 0 Å². The van der Waals surface area contributed by atoms with Crippen LogP contribution in [0.1, 0.15) is 11.1 Å². The first-order chi connectivity index (χ1) is 5.25. The van der Waals surface area contributed by atoms with Crippen molar-refractivity contribution in [1.29, 1.82) is 0 Å². The van der Waals surface area contributed by atoms with Crippen LogP contribution >= 0.6 is 0 Å². The lowest BCUT2D eigenvalue weighted by Gasteiger charge is -2.01. The average molecular weight is 146 g/mol. The molecule has 1 rings (SSSR count). The van der Waals surface area contributed by atoms with E-state index < -0.39 is 0 Å². The predicted octanol–water partition coefficient (Wildman–Crippen LogP) is 2.86. The van der Waals surface area contributed by atoms with Crippen LogP contribution in [0.4, 0.5) is 0 Å². The van der Waals surface area contributed by atoms with Gasteiger partial charge in [0.15, 0.2) is 0 Å². The summed E-state index contributed by atoms with van der Waals surface area (Å²) < 4.78 is 0. The van der Waals surface area contributed by atoms with Crippen molar-refractivity contribution in [1.82, 2.24) is 0 Å². The van der Waals surface area contributed by atoms with Gasteiger partial charge in [-0.15, -0.1) is 0 Å². The SMILES string of the molecule is C=Cc1ccccc1C(=C)O. The second-order valence-electron chi connectivity index (χ2n) is 2.24. The summed E-state index contributed by atoms with van der Waals surface area (Å²) in [6, 6.07) is 7.43. The molecule has 0 radical (unpaired) electrons. The molecule has 0 fully saturated rings. The normalized spacial score (nSPS) is 9.09. The first-order valence-electron chi connectivity index (χ1n) is 3.35. The van der Waals surface area contributed by atoms with Crippen LogP contribution in [0.2, 0.25) is 0 Å². The Morgan fingerprint density at radius 1 is 1.36 bits per heavy atom. The van der Waals surface area contributed by atoms with Crippen LogP contribution in [0.25, 0.3) is 11.8 Å². The molecule has 0 aliphatic carbocycles. The highest BCUT2D eigenvalue weighted by Gasteiger charge is 1.98. The number of hydrogen-bond donors (Lipinski definition) is 1. The molecule has 0 saturated heterocycles. The molecule has 0 unspecified atom stereocenters. The smallest absolute Gasteiger partial charge is 0.116 e. The minimum atomic E-state index is 0.0838. The topological polar surface area (TPSA) is 20.2 Å². The average Bonchev–Trinajstić information content (AvgIpc) is 2.04. The Balaban J connectivity index is 3.22. The Morgan fingerprint density at radius 3 is 2.45 bits per heavy atom. The Hall–Kier alpha value is -1.50. The molecule has 1 aromatic rings. The highest BCUT2D eigenvalue weighted by molar-refractivity contribution is 5.67. The van der Waals surface area contributed by atoms with E-state index in [2.05, 4.69) is 13.2 Å². The third kappa shape index (κ3) is 1.49. The lowest BCUT2D eigenvalue weighted by Crippen LogP contribution is -1.84. The van der Waals surface area contributed by atoms with Gasteiger partial charge < -0.3 is 5.11 Å². The van der Waals surface area contributed by atoms with Crippen LogP contribution in [-0.2, 0) is 0 Å². The summed E-state index contributed by atoms with van der Waals surface area (Å²) in [7, 11) is 0. The summed E-state index contributed by atoms with van der Waals surface area (Å²) in [4.78, 5) is 0. The van der Waals surface area contributed by atoms with Gasteiger partial charge in [-0.2, -0.15) is 0 Å². The second kappa shape index (κ2) is 3.06. The van der Waals surface area contributed by atoms with Crippen molar-refractivity contribution in [2.75, 3.05) is 0 Å². The minimum absolute atomic E-state index is 0.0838. The van der Waals surface area contributed by atoms with E-state index in [9.17, 15) is 0 Å². The molecule has 1 heteroatoms. The molecule has 0 spiro atoms. The third-order valence-corrected chi connectivity index (χ3v) is 1.49. The zero-order valence-electron chi connectivity index (χ0n) is 6.25. The molecule has 0 aliphatic heterocycles. The van der Waals surface area contributed by atoms with Crippen LogP contribution in [0.15, 0.2) is 37.4 Å². The Labute approximate surface area is 66.3 Å². The molecular weight excluding hydrogens is 136 g/mol. The van der Waals surface area contributed by atoms with E-state index in [-0.39, 0.29) is 5.76 Å². The van der Waals surface area contributed by atoms with Crippen molar-refractivity contribution in [2.45, 2.75) is 0 Å². The number of benzene rings is 1. The maximum Gasteiger partial charge on any atom is 0.116 e. The van der Waals surface area contributed by atoms with Gasteiger partial charge in [-0.05, 0) is 5.56 Å². The highest BCUT2D eigenvalue weighted by Crippen LogP contribution is 2.15. The number of aliphatic hydroxyl groups is 1. The van der Waals surface area contributed by atoms with Gasteiger partial charge in [-0.3, -0.25) is 0 Å². The molecule has 0 bridgehead atoms. The first-order valence-corrected chi connectivity index (χ1v) is 3.35. The molecule has 0 aromatic heterocycles. The van der Waals surface area contributed by atoms with Crippen molar-refractivity contribution in [3.63, 3.8) is 0 Å². The minimum Gasteiger partial charge on any atom is -0.508 e. The number of rotatable bonds is 2. The lowest BCUT2D eigenvalue weighted by atomic mass is 10.1. The maximum absolute atomic E-state index is 9.09. The summed E-state index contributed by atoms with van der Waals surface area (Å²) in [6.45, 7) is 7.06. The molecular formula is C10H10O. The molecule has 0 aliphatic rings. The van der Waals surface area contributed by atoms with E-state index in [1.54, 1.807) is 12.1 Å². The Bertz CT molecular complexity index is 287. The van der Waals surface area contributed by atoms with Crippen molar-refractivity contribution in [3.8, 4) is 0 Å². The molecule has 1 aromatic carbocycles. The molecule has 56 valence electrons. The second-order valence-corrected chi connectivity index (χ2v) is 2.24. The quantitative estimate of drug-likeness (QED) is 0.636. The molecule has 0 heterocycles. The number of aliphatic hydroxyl groups excluding tert-OH is 1. The highest BCUT2D eigenvalue weighted by atomic mass is 16.3. The first kappa shape index (κ1) is 7.61. The van der Waals surface area contributed by atoms with Gasteiger partial charge in [0.25, 0.3) is 0 Å². The fourth-order valence-electron chi connectivity index (χ4n) is 0.938. The van der Waals surface area contributed by atoms with Crippen molar-refractivity contribution in [3.05, 3.63) is 48.6 Å². The van der Waals surface area contributed by atoms with Crippen LogP contribution in [-0.4, -0.2) is 5.11 Å². The lowest BCUT2D eigenvalue weighted by molar-refractivity contribution is 0.513. The largest absolute Gasteiger partial charge is 0.508 e. The molecule has 11 heavy (non-hydrogen) atoms. The number of hydrogen-bond acceptors (Lipinski definition) is 1. The van der Waals surface area contributed by atoms with Crippen molar-refractivity contribution in [2.24, 2.45) is 0 Å². The van der Waals surface area contributed by atoms with Gasteiger partial charge in [0, 0.05) is 5.56 Å². The fraction of sp³-hybridized carbons (Fsp3) is 0. The van der Waals surface area contributed by atoms with Crippen molar-refractivity contribution < 1.29 is 5.11 Å². The van der Waals surface area contributed by atoms with E-state index in [1.807, 2.05) is 18.2 Å². The van der Waals surface area contributed by atoms with Gasteiger partial charge >= 0.3 is 0 Å². The van der Waals surface area contributed by atoms with E-state index in [1.165, 1.54) is 0 Å². The van der Waals surface area contributed by atoms with E-state index in [4.69, 9.17) is 5.11 Å². The van der Waals surface area contributed by atoms with Gasteiger partial charge in [0.2, 0.25) is 0 Å². The Morgan fingerprint density at radius 2 is 2.00 bits per heavy atom. The molecule has 1 nitrogen and oxygen atoms in total. The summed E-state index contributed by atoms with van der Waals surface area (Å²) in [5.74, 6) is 0.0838. The zero-order valence-corrected chi connectivity index (χ0v) is 6.25. The maximum atomic E-state index is 9.09. The molecule has 0 saturated carbocycles. The van der Waals surface area contributed by atoms with Crippen LogP contribution < -0.4 is 0 Å². The van der Waals surface area contributed by atoms with Crippen LogP contribution in [0.5, 0.6) is 0 Å². The standard InChI is InChI=1S/C10H10O/c1-3-9-6-4-5-7-10(9)8(2)11/h3-7,11H,1-2H2. The van der Waals surface area contributed by atoms with E-state index >= 15 is 0 Å². The van der Waals surface area contributed by atoms with E-state index in [0.29, 0.717) is 0 Å². The molecule has 1 N–H and O–H groups in total. The third-order valence-electron chi connectivity index (χ3n) is 1.49. The van der Waals surface area contributed by atoms with Gasteiger partial charge in [0.05, 0.1) is 0 Å². The monoisotopic (exact) mass is 146 g/mol. The molecule has 0 atom stereocenters. The zero-order chi connectivity index (χ0) is 8.27.